The second kappa shape index (κ2) is 15.3. The van der Waals surface area contributed by atoms with Crippen molar-refractivity contribution in [3.63, 3.8) is 0 Å². The fourth-order valence-corrected chi connectivity index (χ4v) is 9.38. The molecule has 50 heavy (non-hydrogen) atoms. The van der Waals surface area contributed by atoms with Crippen molar-refractivity contribution in [2.45, 2.75) is 24.2 Å². The van der Waals surface area contributed by atoms with Gasteiger partial charge in [-0.25, -0.2) is 4.39 Å². The second-order valence-corrected chi connectivity index (χ2v) is 24.8. The largest absolute Gasteiger partial charge is 0 e. The summed E-state index contributed by atoms with van der Waals surface area (Å²) >= 11 is -0.00534. The first-order valence-electron chi connectivity index (χ1n) is 16.3. The van der Waals surface area contributed by atoms with Crippen molar-refractivity contribution in [2.24, 2.45) is 0 Å². The number of aromatic nitrogens is 2. The Bertz CT molecular complexity index is 2390. The quantitative estimate of drug-likeness (QED) is 0.127. The topological polar surface area (TPSA) is 25.8 Å². The van der Waals surface area contributed by atoms with Crippen LogP contribution in [0.25, 0.3) is 64.9 Å². The summed E-state index contributed by atoms with van der Waals surface area (Å²) in [6.45, 7) is 2.12. The zero-order valence-corrected chi connectivity index (χ0v) is 33.6. The molecule has 0 fully saturated rings. The van der Waals surface area contributed by atoms with E-state index in [0.717, 1.165) is 43.0 Å². The number of hydrogen-bond donors (Lipinski definition) is 0. The molecule has 6 heteroatoms. The Morgan fingerprint density at radius 2 is 1.40 bits per heavy atom. The number of pyridine rings is 2. The average molecular weight is 908 g/mol. The summed E-state index contributed by atoms with van der Waals surface area (Å²) in [5, 5.41) is 2.35. The van der Waals surface area contributed by atoms with E-state index in [1.165, 1.54) is 32.4 Å². The molecule has 0 atom stereocenters. The predicted molar refractivity (Wildman–Crippen MR) is 208 cm³/mol. The van der Waals surface area contributed by atoms with E-state index >= 15 is 0 Å². The number of rotatable bonds is 5. The van der Waals surface area contributed by atoms with Gasteiger partial charge in [0.2, 0.25) is 0 Å². The normalized spacial score (nSPS) is 11.1. The van der Waals surface area contributed by atoms with Gasteiger partial charge in [0.25, 0.3) is 0 Å². The van der Waals surface area contributed by atoms with Gasteiger partial charge >= 0.3 is 99.8 Å². The van der Waals surface area contributed by atoms with Crippen LogP contribution in [0.2, 0.25) is 17.3 Å². The molecule has 249 valence electrons. The Balaban J connectivity index is 0.000000215. The van der Waals surface area contributed by atoms with Gasteiger partial charge in [-0.3, -0.25) is 0 Å². The van der Waals surface area contributed by atoms with Crippen molar-refractivity contribution >= 4 is 49.2 Å². The van der Waals surface area contributed by atoms with Gasteiger partial charge in [-0.15, -0.1) is 23.8 Å². The molecule has 0 saturated carbocycles. The molecule has 3 heterocycles. The number of fused-ring (bicyclic) bond motifs is 3. The molecular formula is C44H35FGeIrN2S-2. The zero-order chi connectivity index (χ0) is 34.0. The molecule has 0 bridgehead atoms. The van der Waals surface area contributed by atoms with E-state index in [-0.39, 0.29) is 25.9 Å². The number of thiophene rings is 1. The van der Waals surface area contributed by atoms with E-state index < -0.39 is 13.3 Å². The maximum atomic E-state index is 14.3. The summed E-state index contributed by atoms with van der Waals surface area (Å²) in [4.78, 5) is 9.34. The van der Waals surface area contributed by atoms with Crippen molar-refractivity contribution in [2.75, 3.05) is 0 Å². The minimum absolute atomic E-state index is 0. The van der Waals surface area contributed by atoms with E-state index in [9.17, 15) is 4.39 Å². The van der Waals surface area contributed by atoms with Gasteiger partial charge in [0.1, 0.15) is 5.82 Å². The van der Waals surface area contributed by atoms with Crippen LogP contribution in [0.1, 0.15) is 5.56 Å². The van der Waals surface area contributed by atoms with Crippen molar-refractivity contribution in [3.8, 4) is 44.8 Å². The zero-order valence-electron chi connectivity index (χ0n) is 28.3. The predicted octanol–water partition coefficient (Wildman–Crippen LogP) is 11.8. The Hall–Kier alpha value is -4.26. The van der Waals surface area contributed by atoms with Gasteiger partial charge in [0.15, 0.2) is 0 Å². The minimum atomic E-state index is -1.72. The maximum Gasteiger partial charge on any atom is 0 e. The third-order valence-electron chi connectivity index (χ3n) is 8.68. The summed E-state index contributed by atoms with van der Waals surface area (Å²) in [6, 6.07) is 48.5. The molecule has 0 aliphatic heterocycles. The molecule has 0 unspecified atom stereocenters. The first kappa shape index (κ1) is 35.6. The standard InChI is InChI=1S/C30H19FNS.C14H16GeN.Ir/c1-19-16-28(32-18-26(19)20-8-3-2-4-9-20)25-12-7-11-24-23-15-14-21(17-29(23)33-30(24)25)22-10-5-6-13-27(22)31;1-15(2,3)13-9-10-14(16-11-13)12-7-5-4-6-8-12;/h2-11,13-18H,1H3;4-7,9-11H,1-3H3;/q2*-1;. The molecular weight excluding hydrogens is 872 g/mol. The number of benzene rings is 5. The fraction of sp³-hybridized carbons (Fsp3) is 0.0909. The molecule has 1 radical (unpaired) electrons. The van der Waals surface area contributed by atoms with Crippen LogP contribution in [0.3, 0.4) is 0 Å². The summed E-state index contributed by atoms with van der Waals surface area (Å²) in [6.07, 6.45) is 3.99. The van der Waals surface area contributed by atoms with E-state index in [2.05, 4.69) is 89.8 Å². The summed E-state index contributed by atoms with van der Waals surface area (Å²) in [5.74, 6) is 6.94. The van der Waals surface area contributed by atoms with Gasteiger partial charge in [-0.2, -0.15) is 11.3 Å². The Morgan fingerprint density at radius 3 is 2.10 bits per heavy atom. The van der Waals surface area contributed by atoms with Gasteiger partial charge in [0.05, 0.1) is 0 Å². The van der Waals surface area contributed by atoms with Crippen LogP contribution >= 0.6 is 11.3 Å². The third kappa shape index (κ3) is 7.57. The molecule has 0 spiro atoms. The van der Waals surface area contributed by atoms with E-state index in [4.69, 9.17) is 4.98 Å². The Labute approximate surface area is 313 Å². The first-order valence-corrected chi connectivity index (χ1v) is 24.5. The molecule has 0 aliphatic rings. The second-order valence-electron chi connectivity index (χ2n) is 13.1. The van der Waals surface area contributed by atoms with Crippen LogP contribution in [-0.4, -0.2) is 23.2 Å². The molecule has 0 N–H and O–H groups in total. The SMILES string of the molecule is Cc1cc(-c2[c-]ccc3c2sc2cc(-c4ccccc4F)ccc23)ncc1-c1ccccc1.[CH3][Ge]([CH3])([CH3])[c]1ccc(-c2[c-]cccc2)nc1.[Ir]. The monoisotopic (exact) mass is 909 g/mol. The summed E-state index contributed by atoms with van der Waals surface area (Å²) in [7, 11) is 0. The first-order chi connectivity index (χ1) is 23.8. The summed E-state index contributed by atoms with van der Waals surface area (Å²) < 4.78 is 18.1. The maximum absolute atomic E-state index is 14.3. The van der Waals surface area contributed by atoms with E-state index in [1.807, 2.05) is 79.1 Å². The van der Waals surface area contributed by atoms with Gasteiger partial charge in [-0.05, 0) is 51.5 Å². The fourth-order valence-electron chi connectivity index (χ4n) is 5.96. The van der Waals surface area contributed by atoms with Crippen LogP contribution in [0, 0.1) is 24.9 Å². The summed E-state index contributed by atoms with van der Waals surface area (Å²) in [5.41, 5.74) is 8.99. The third-order valence-corrected chi connectivity index (χ3v) is 14.1. The van der Waals surface area contributed by atoms with Crippen molar-refractivity contribution in [1.82, 2.24) is 9.97 Å². The number of hydrogen-bond acceptors (Lipinski definition) is 3. The molecule has 0 amide bonds. The average Bonchev–Trinajstić information content (AvgIpc) is 3.51. The van der Waals surface area contributed by atoms with Crippen LogP contribution < -0.4 is 4.40 Å². The van der Waals surface area contributed by atoms with Crippen molar-refractivity contribution in [3.05, 3.63) is 163 Å². The minimum Gasteiger partial charge on any atom is 0 e. The molecule has 8 aromatic rings. The van der Waals surface area contributed by atoms with Gasteiger partial charge in [-0.1, -0.05) is 72.1 Å². The van der Waals surface area contributed by atoms with E-state index in [0.29, 0.717) is 5.56 Å². The molecule has 0 aliphatic carbocycles. The number of nitrogens with zero attached hydrogens (tertiary/aromatic N) is 2. The Morgan fingerprint density at radius 1 is 0.640 bits per heavy atom. The van der Waals surface area contributed by atoms with Crippen molar-refractivity contribution < 1.29 is 24.5 Å². The molecule has 8 rings (SSSR count). The van der Waals surface area contributed by atoms with Crippen LogP contribution in [0.4, 0.5) is 4.39 Å². The van der Waals surface area contributed by atoms with Gasteiger partial charge < -0.3 is 4.98 Å². The number of aryl methyl sites for hydroxylation is 1. The smallest absolute Gasteiger partial charge is 0 e. The molecule has 2 nitrogen and oxygen atoms in total. The van der Waals surface area contributed by atoms with Crippen LogP contribution in [0.5, 0.6) is 0 Å². The van der Waals surface area contributed by atoms with Crippen LogP contribution in [0.15, 0.2) is 140 Å². The molecule has 5 aromatic carbocycles. The van der Waals surface area contributed by atoms with Gasteiger partial charge in [0, 0.05) is 42.1 Å². The van der Waals surface area contributed by atoms with E-state index in [1.54, 1.807) is 17.4 Å². The molecule has 3 aromatic heterocycles. The van der Waals surface area contributed by atoms with Crippen LogP contribution in [-0.2, 0) is 20.1 Å². The number of halogens is 1. The van der Waals surface area contributed by atoms with Crippen molar-refractivity contribution in [1.29, 1.82) is 0 Å². The molecule has 0 saturated heterocycles. The Kier molecular flexibility index (Phi) is 10.9.